The quantitative estimate of drug-likeness (QED) is 0.569. The van der Waals surface area contributed by atoms with Gasteiger partial charge in [0.25, 0.3) is 5.91 Å². The summed E-state index contributed by atoms with van der Waals surface area (Å²) in [4.78, 5) is 35.1. The summed E-state index contributed by atoms with van der Waals surface area (Å²) in [5, 5.41) is 22.4. The van der Waals surface area contributed by atoms with Gasteiger partial charge in [-0.3, -0.25) is 19.0 Å². The summed E-state index contributed by atoms with van der Waals surface area (Å²) >= 11 is 0. The number of aryl methyl sites for hydroxylation is 2. The van der Waals surface area contributed by atoms with Gasteiger partial charge in [-0.15, -0.1) is 0 Å². The molecule has 1 aromatic carbocycles. The number of carboxylic acid groups (broad SMARTS) is 1. The minimum absolute atomic E-state index is 0.0285. The zero-order valence-electron chi connectivity index (χ0n) is 15.0. The molecule has 10 heteroatoms. The second-order valence-corrected chi connectivity index (χ2v) is 5.95. The number of aromatic nitrogens is 4. The van der Waals surface area contributed by atoms with Gasteiger partial charge in [0.1, 0.15) is 5.69 Å². The van der Waals surface area contributed by atoms with E-state index in [1.165, 1.54) is 21.6 Å². The van der Waals surface area contributed by atoms with E-state index in [-0.39, 0.29) is 30.5 Å². The predicted molar refractivity (Wildman–Crippen MR) is 100 cm³/mol. The summed E-state index contributed by atoms with van der Waals surface area (Å²) in [5.41, 5.74) is 1.45. The van der Waals surface area contributed by atoms with Crippen molar-refractivity contribution in [1.82, 2.24) is 19.6 Å². The van der Waals surface area contributed by atoms with E-state index in [4.69, 9.17) is 5.11 Å². The fourth-order valence-electron chi connectivity index (χ4n) is 2.49. The van der Waals surface area contributed by atoms with E-state index >= 15 is 0 Å². The highest BCUT2D eigenvalue weighted by Crippen LogP contribution is 2.15. The van der Waals surface area contributed by atoms with Gasteiger partial charge in [0.15, 0.2) is 5.69 Å². The Kier molecular flexibility index (Phi) is 5.49. The van der Waals surface area contributed by atoms with Crippen LogP contribution in [-0.4, -0.2) is 42.5 Å². The van der Waals surface area contributed by atoms with Crippen LogP contribution in [0.3, 0.4) is 0 Å². The zero-order chi connectivity index (χ0) is 20.1. The average Bonchev–Trinajstić information content (AvgIpc) is 3.30. The summed E-state index contributed by atoms with van der Waals surface area (Å²) in [6, 6.07) is 9.61. The Balaban J connectivity index is 1.52. The van der Waals surface area contributed by atoms with Gasteiger partial charge in [0.2, 0.25) is 5.91 Å². The molecule has 0 aliphatic heterocycles. The molecule has 0 bridgehead atoms. The van der Waals surface area contributed by atoms with Crippen LogP contribution in [-0.2, 0) is 18.4 Å². The summed E-state index contributed by atoms with van der Waals surface area (Å²) in [6.45, 7) is 0.151. The largest absolute Gasteiger partial charge is 0.477 e. The number of hydrogen-bond acceptors (Lipinski definition) is 5. The highest BCUT2D eigenvalue weighted by molar-refractivity contribution is 6.03. The summed E-state index contributed by atoms with van der Waals surface area (Å²) in [6.07, 6.45) is 3.12. The number of carboxylic acids is 1. The molecule has 0 saturated heterocycles. The highest BCUT2D eigenvalue weighted by atomic mass is 16.4. The Hall–Kier alpha value is -3.95. The molecule has 10 nitrogen and oxygen atoms in total. The van der Waals surface area contributed by atoms with Gasteiger partial charge in [0.05, 0.1) is 6.54 Å². The third-order valence-corrected chi connectivity index (χ3v) is 3.86. The number of nitrogens with zero attached hydrogens (tertiary/aromatic N) is 4. The number of carbonyl (C=O) groups is 3. The molecule has 2 amide bonds. The third-order valence-electron chi connectivity index (χ3n) is 3.86. The predicted octanol–water partition coefficient (Wildman–Crippen LogP) is 1.60. The lowest BCUT2D eigenvalue weighted by molar-refractivity contribution is -0.116. The summed E-state index contributed by atoms with van der Waals surface area (Å²) in [7, 11) is 1.73. The zero-order valence-corrected chi connectivity index (χ0v) is 15.0. The van der Waals surface area contributed by atoms with Gasteiger partial charge < -0.3 is 15.7 Å². The van der Waals surface area contributed by atoms with Crippen LogP contribution in [0.5, 0.6) is 0 Å². The van der Waals surface area contributed by atoms with E-state index < -0.39 is 5.97 Å². The van der Waals surface area contributed by atoms with Crippen molar-refractivity contribution < 1.29 is 19.5 Å². The molecule has 3 N–H and O–H groups in total. The number of rotatable bonds is 7. The van der Waals surface area contributed by atoms with E-state index in [0.29, 0.717) is 17.1 Å². The molecule has 0 radical (unpaired) electrons. The maximum atomic E-state index is 12.1. The molecule has 0 spiro atoms. The highest BCUT2D eigenvalue weighted by Gasteiger charge is 2.12. The molecule has 0 atom stereocenters. The fourth-order valence-corrected chi connectivity index (χ4v) is 2.49. The second-order valence-electron chi connectivity index (χ2n) is 5.95. The van der Waals surface area contributed by atoms with Gasteiger partial charge in [-0.1, -0.05) is 0 Å². The lowest BCUT2D eigenvalue weighted by atomic mass is 10.2. The third kappa shape index (κ3) is 4.61. The first-order valence-corrected chi connectivity index (χ1v) is 8.38. The lowest BCUT2D eigenvalue weighted by Gasteiger charge is -2.08. The van der Waals surface area contributed by atoms with Crippen molar-refractivity contribution in [3.8, 4) is 0 Å². The van der Waals surface area contributed by atoms with Gasteiger partial charge in [0, 0.05) is 37.2 Å². The SMILES string of the molecule is Cn1ccc(C(=O)Nc2ccc(NC(=O)CCn3nccc3C(=O)O)cc2)n1. The van der Waals surface area contributed by atoms with Crippen LogP contribution in [0.1, 0.15) is 27.4 Å². The van der Waals surface area contributed by atoms with Crippen LogP contribution in [0, 0.1) is 0 Å². The Morgan fingerprint density at radius 3 is 2.32 bits per heavy atom. The molecule has 0 unspecified atom stereocenters. The minimum atomic E-state index is -1.10. The van der Waals surface area contributed by atoms with Gasteiger partial charge in [-0.2, -0.15) is 10.2 Å². The van der Waals surface area contributed by atoms with Crippen molar-refractivity contribution >= 4 is 29.2 Å². The van der Waals surface area contributed by atoms with Crippen molar-refractivity contribution in [1.29, 1.82) is 0 Å². The van der Waals surface area contributed by atoms with Crippen molar-refractivity contribution in [2.45, 2.75) is 13.0 Å². The number of aromatic carboxylic acids is 1. The monoisotopic (exact) mass is 382 g/mol. The maximum Gasteiger partial charge on any atom is 0.354 e. The molecule has 0 aliphatic carbocycles. The maximum absolute atomic E-state index is 12.1. The van der Waals surface area contributed by atoms with Crippen LogP contribution < -0.4 is 10.6 Å². The molecule has 0 saturated carbocycles. The van der Waals surface area contributed by atoms with Gasteiger partial charge >= 0.3 is 5.97 Å². The Bertz CT molecular complexity index is 1010. The molecule has 144 valence electrons. The summed E-state index contributed by atoms with van der Waals surface area (Å²) < 4.78 is 2.80. The van der Waals surface area contributed by atoms with E-state index in [0.717, 1.165) is 0 Å². The number of carbonyl (C=O) groups excluding carboxylic acids is 2. The summed E-state index contributed by atoms with van der Waals surface area (Å²) in [5.74, 6) is -1.70. The van der Waals surface area contributed by atoms with Crippen LogP contribution in [0.25, 0.3) is 0 Å². The number of hydrogen-bond donors (Lipinski definition) is 3. The number of nitrogens with one attached hydrogen (secondary N) is 2. The average molecular weight is 382 g/mol. The molecule has 2 heterocycles. The lowest BCUT2D eigenvalue weighted by Crippen LogP contribution is -2.17. The molecule has 3 rings (SSSR count). The van der Waals surface area contributed by atoms with Crippen LogP contribution in [0.2, 0.25) is 0 Å². The van der Waals surface area contributed by atoms with Crippen LogP contribution in [0.4, 0.5) is 11.4 Å². The number of amides is 2. The number of benzene rings is 1. The van der Waals surface area contributed by atoms with Crippen LogP contribution >= 0.6 is 0 Å². The molecule has 0 aliphatic rings. The second kappa shape index (κ2) is 8.16. The smallest absolute Gasteiger partial charge is 0.354 e. The standard InChI is InChI=1S/C18H18N6O4/c1-23-10-7-14(22-23)17(26)21-13-4-2-12(3-5-13)20-16(25)8-11-24-15(18(27)28)6-9-19-24/h2-7,9-10H,8,11H2,1H3,(H,20,25)(H,21,26)(H,27,28). The Labute approximate surface area is 159 Å². The van der Waals surface area contributed by atoms with Crippen molar-refractivity contribution in [2.75, 3.05) is 10.6 Å². The molecule has 2 aromatic heterocycles. The van der Waals surface area contributed by atoms with E-state index in [2.05, 4.69) is 20.8 Å². The van der Waals surface area contributed by atoms with Crippen molar-refractivity contribution in [2.24, 2.45) is 7.05 Å². The Morgan fingerprint density at radius 1 is 1.04 bits per heavy atom. The molecule has 0 fully saturated rings. The number of anilines is 2. The molecule has 3 aromatic rings. The first-order valence-electron chi connectivity index (χ1n) is 8.38. The minimum Gasteiger partial charge on any atom is -0.477 e. The first-order chi connectivity index (χ1) is 13.4. The first kappa shape index (κ1) is 18.8. The topological polar surface area (TPSA) is 131 Å². The van der Waals surface area contributed by atoms with Crippen molar-refractivity contribution in [3.63, 3.8) is 0 Å². The van der Waals surface area contributed by atoms with E-state index in [9.17, 15) is 14.4 Å². The van der Waals surface area contributed by atoms with Crippen molar-refractivity contribution in [3.05, 3.63) is 60.2 Å². The molecular weight excluding hydrogens is 364 g/mol. The molecular formula is C18H18N6O4. The van der Waals surface area contributed by atoms with Gasteiger partial charge in [-0.25, -0.2) is 4.79 Å². The van der Waals surface area contributed by atoms with E-state index in [1.807, 2.05) is 0 Å². The van der Waals surface area contributed by atoms with Gasteiger partial charge in [-0.05, 0) is 36.4 Å². The molecule has 28 heavy (non-hydrogen) atoms. The van der Waals surface area contributed by atoms with Crippen LogP contribution in [0.15, 0.2) is 48.8 Å². The Morgan fingerprint density at radius 2 is 1.71 bits per heavy atom. The normalized spacial score (nSPS) is 10.5. The van der Waals surface area contributed by atoms with E-state index in [1.54, 1.807) is 43.6 Å². The fraction of sp³-hybridized carbons (Fsp3) is 0.167.